The van der Waals surface area contributed by atoms with E-state index in [0.29, 0.717) is 5.69 Å². The molecule has 0 fully saturated rings. The number of carbonyl (C=O) groups excluding carboxylic acids is 1. The first-order valence-electron chi connectivity index (χ1n) is 9.70. The van der Waals surface area contributed by atoms with Gasteiger partial charge in [-0.15, -0.1) is 0 Å². The highest BCUT2D eigenvalue weighted by molar-refractivity contribution is 7.92. The summed E-state index contributed by atoms with van der Waals surface area (Å²) >= 11 is 0. The Balaban J connectivity index is 1.91. The number of rotatable bonds is 7. The molecule has 6 heteroatoms. The first kappa shape index (κ1) is 21.6. The lowest BCUT2D eigenvalue weighted by molar-refractivity contribution is -0.120. The minimum atomic E-state index is -3.63. The first-order chi connectivity index (χ1) is 14.3. The molecule has 0 unspecified atom stereocenters. The molecule has 3 rings (SSSR count). The van der Waals surface area contributed by atoms with Gasteiger partial charge in [0.05, 0.1) is 18.0 Å². The summed E-state index contributed by atoms with van der Waals surface area (Å²) in [6.45, 7) is 3.58. The number of hydrogen-bond acceptors (Lipinski definition) is 3. The molecule has 30 heavy (non-hydrogen) atoms. The van der Waals surface area contributed by atoms with Crippen molar-refractivity contribution in [3.8, 4) is 0 Å². The molecule has 0 radical (unpaired) electrons. The van der Waals surface area contributed by atoms with Gasteiger partial charge in [-0.2, -0.15) is 0 Å². The number of amides is 1. The van der Waals surface area contributed by atoms with Crippen LogP contribution in [0.25, 0.3) is 0 Å². The van der Waals surface area contributed by atoms with E-state index < -0.39 is 10.0 Å². The van der Waals surface area contributed by atoms with Gasteiger partial charge in [-0.25, -0.2) is 8.42 Å². The van der Waals surface area contributed by atoms with Crippen LogP contribution < -0.4 is 9.62 Å². The van der Waals surface area contributed by atoms with Crippen LogP contribution in [-0.2, 0) is 14.8 Å². The van der Waals surface area contributed by atoms with E-state index >= 15 is 0 Å². The monoisotopic (exact) mass is 422 g/mol. The molecule has 0 heterocycles. The molecular weight excluding hydrogens is 396 g/mol. The second-order valence-electron chi connectivity index (χ2n) is 7.38. The van der Waals surface area contributed by atoms with Crippen LogP contribution in [0.5, 0.6) is 0 Å². The van der Waals surface area contributed by atoms with Crippen LogP contribution in [0.1, 0.15) is 28.3 Å². The SMILES string of the molecule is Cc1cccc(N(CC(=O)N[C@H](c2ccccc2)c2ccccc2C)S(C)(=O)=O)c1. The maximum absolute atomic E-state index is 13.0. The predicted molar refractivity (Wildman–Crippen MR) is 121 cm³/mol. The molecule has 0 bridgehead atoms. The molecule has 0 saturated carbocycles. The Hall–Kier alpha value is -3.12. The second-order valence-corrected chi connectivity index (χ2v) is 9.28. The third-order valence-electron chi connectivity index (χ3n) is 4.91. The number of anilines is 1. The molecule has 0 aliphatic rings. The Labute approximate surface area is 178 Å². The summed E-state index contributed by atoms with van der Waals surface area (Å²) in [5.74, 6) is -0.376. The fourth-order valence-corrected chi connectivity index (χ4v) is 4.27. The van der Waals surface area contributed by atoms with Crippen molar-refractivity contribution in [2.75, 3.05) is 17.1 Å². The van der Waals surface area contributed by atoms with Crippen LogP contribution in [0.4, 0.5) is 5.69 Å². The Morgan fingerprint density at radius 2 is 1.60 bits per heavy atom. The highest BCUT2D eigenvalue weighted by Gasteiger charge is 2.24. The lowest BCUT2D eigenvalue weighted by Gasteiger charge is -2.25. The average Bonchev–Trinajstić information content (AvgIpc) is 2.71. The van der Waals surface area contributed by atoms with Crippen molar-refractivity contribution in [1.29, 1.82) is 0 Å². The summed E-state index contributed by atoms with van der Waals surface area (Å²) < 4.78 is 25.9. The summed E-state index contributed by atoms with van der Waals surface area (Å²) in [6.07, 6.45) is 1.11. The maximum atomic E-state index is 13.0. The van der Waals surface area contributed by atoms with Gasteiger partial charge in [0.2, 0.25) is 15.9 Å². The summed E-state index contributed by atoms with van der Waals surface area (Å²) in [7, 11) is -3.63. The molecule has 1 atom stereocenters. The first-order valence-corrected chi connectivity index (χ1v) is 11.5. The molecule has 0 aliphatic carbocycles. The van der Waals surface area contributed by atoms with Crippen molar-refractivity contribution >= 4 is 21.6 Å². The van der Waals surface area contributed by atoms with E-state index in [1.54, 1.807) is 18.2 Å². The quantitative estimate of drug-likeness (QED) is 0.626. The maximum Gasteiger partial charge on any atom is 0.241 e. The van der Waals surface area contributed by atoms with Gasteiger partial charge < -0.3 is 5.32 Å². The molecule has 1 amide bonds. The number of nitrogens with zero attached hydrogens (tertiary/aromatic N) is 1. The molecule has 156 valence electrons. The summed E-state index contributed by atoms with van der Waals surface area (Å²) in [6, 6.07) is 24.2. The van der Waals surface area contributed by atoms with E-state index in [-0.39, 0.29) is 18.5 Å². The fraction of sp³-hybridized carbons (Fsp3) is 0.208. The van der Waals surface area contributed by atoms with Crippen molar-refractivity contribution in [3.63, 3.8) is 0 Å². The summed E-state index contributed by atoms with van der Waals surface area (Å²) in [5, 5.41) is 3.03. The zero-order chi connectivity index (χ0) is 21.7. The van der Waals surface area contributed by atoms with Gasteiger partial charge in [0.25, 0.3) is 0 Å². The lowest BCUT2D eigenvalue weighted by Crippen LogP contribution is -2.42. The molecule has 5 nitrogen and oxygen atoms in total. The van der Waals surface area contributed by atoms with Crippen LogP contribution in [-0.4, -0.2) is 27.1 Å². The second kappa shape index (κ2) is 9.13. The molecule has 0 aromatic heterocycles. The predicted octanol–water partition coefficient (Wildman–Crippen LogP) is 3.98. The number of aryl methyl sites for hydroxylation is 2. The molecule has 3 aromatic rings. The topological polar surface area (TPSA) is 66.5 Å². The normalized spacial score (nSPS) is 12.2. The summed E-state index contributed by atoms with van der Waals surface area (Å²) in [5.41, 5.74) is 4.34. The third kappa shape index (κ3) is 5.27. The highest BCUT2D eigenvalue weighted by Crippen LogP contribution is 2.25. The van der Waals surface area contributed by atoms with Gasteiger partial charge in [0.15, 0.2) is 0 Å². The lowest BCUT2D eigenvalue weighted by atomic mass is 9.95. The molecule has 1 N–H and O–H groups in total. The fourth-order valence-electron chi connectivity index (χ4n) is 3.42. The van der Waals surface area contributed by atoms with Crippen molar-refractivity contribution in [3.05, 3.63) is 101 Å². The Kier molecular flexibility index (Phi) is 6.57. The van der Waals surface area contributed by atoms with Crippen molar-refractivity contribution < 1.29 is 13.2 Å². The number of nitrogens with one attached hydrogen (secondary N) is 1. The van der Waals surface area contributed by atoms with Gasteiger partial charge in [0.1, 0.15) is 6.54 Å². The van der Waals surface area contributed by atoms with Crippen LogP contribution in [0.2, 0.25) is 0 Å². The number of benzene rings is 3. The van der Waals surface area contributed by atoms with Gasteiger partial charge >= 0.3 is 0 Å². The van der Waals surface area contributed by atoms with E-state index in [1.807, 2.05) is 74.5 Å². The zero-order valence-electron chi connectivity index (χ0n) is 17.4. The highest BCUT2D eigenvalue weighted by atomic mass is 32.2. The van der Waals surface area contributed by atoms with Gasteiger partial charge in [0, 0.05) is 0 Å². The zero-order valence-corrected chi connectivity index (χ0v) is 18.2. The van der Waals surface area contributed by atoms with Crippen molar-refractivity contribution in [1.82, 2.24) is 5.32 Å². The minimum absolute atomic E-state index is 0.294. The largest absolute Gasteiger partial charge is 0.344 e. The Morgan fingerprint density at radius 1 is 0.933 bits per heavy atom. The van der Waals surface area contributed by atoms with Crippen LogP contribution in [0.15, 0.2) is 78.9 Å². The van der Waals surface area contributed by atoms with Gasteiger partial charge in [-0.1, -0.05) is 66.7 Å². The van der Waals surface area contributed by atoms with Gasteiger partial charge in [-0.3, -0.25) is 9.10 Å². The number of sulfonamides is 1. The van der Waals surface area contributed by atoms with E-state index in [0.717, 1.165) is 32.8 Å². The van der Waals surface area contributed by atoms with Crippen LogP contribution >= 0.6 is 0 Å². The smallest absolute Gasteiger partial charge is 0.241 e. The van der Waals surface area contributed by atoms with E-state index in [1.165, 1.54) is 0 Å². The third-order valence-corrected chi connectivity index (χ3v) is 6.06. The Bertz CT molecular complexity index is 1130. The van der Waals surface area contributed by atoms with E-state index in [2.05, 4.69) is 5.32 Å². The van der Waals surface area contributed by atoms with Crippen LogP contribution in [0, 0.1) is 13.8 Å². The van der Waals surface area contributed by atoms with Crippen LogP contribution in [0.3, 0.4) is 0 Å². The molecule has 0 spiro atoms. The molecule has 0 aliphatic heterocycles. The van der Waals surface area contributed by atoms with Crippen molar-refractivity contribution in [2.24, 2.45) is 0 Å². The Morgan fingerprint density at radius 3 is 2.23 bits per heavy atom. The summed E-state index contributed by atoms with van der Waals surface area (Å²) in [4.78, 5) is 13.0. The standard InChI is InChI=1S/C24H26N2O3S/c1-18-10-9-14-21(16-18)26(30(3,28)29)17-23(27)25-24(20-12-5-4-6-13-20)22-15-8-7-11-19(22)2/h4-16,24H,17H2,1-3H3,(H,25,27)/t24-/m1/s1. The van der Waals surface area contributed by atoms with E-state index in [9.17, 15) is 13.2 Å². The molecular formula is C24H26N2O3S. The molecule has 3 aromatic carbocycles. The molecule has 0 saturated heterocycles. The minimum Gasteiger partial charge on any atom is -0.344 e. The van der Waals surface area contributed by atoms with Crippen molar-refractivity contribution in [2.45, 2.75) is 19.9 Å². The number of hydrogen-bond donors (Lipinski definition) is 1. The van der Waals surface area contributed by atoms with E-state index in [4.69, 9.17) is 0 Å². The number of carbonyl (C=O) groups is 1. The van der Waals surface area contributed by atoms with Gasteiger partial charge in [-0.05, 0) is 48.2 Å². The average molecular weight is 423 g/mol.